The van der Waals surface area contributed by atoms with Crippen LogP contribution in [0.1, 0.15) is 30.8 Å². The van der Waals surface area contributed by atoms with Gasteiger partial charge in [-0.25, -0.2) is 4.98 Å². The molecule has 0 radical (unpaired) electrons. The van der Waals surface area contributed by atoms with Crippen molar-refractivity contribution in [1.29, 1.82) is 0 Å². The molecule has 5 nitrogen and oxygen atoms in total. The summed E-state index contributed by atoms with van der Waals surface area (Å²) in [5.41, 5.74) is 2.17. The molecule has 3 heterocycles. The van der Waals surface area contributed by atoms with Crippen molar-refractivity contribution < 1.29 is 9.47 Å². The molecule has 0 amide bonds. The molecule has 5 rings (SSSR count). The van der Waals surface area contributed by atoms with Crippen LogP contribution in [-0.2, 0) is 0 Å². The Morgan fingerprint density at radius 1 is 1.07 bits per heavy atom. The zero-order valence-corrected chi connectivity index (χ0v) is 16.9. The maximum absolute atomic E-state index is 6.30. The molecule has 1 saturated heterocycles. The summed E-state index contributed by atoms with van der Waals surface area (Å²) in [6, 6.07) is 14.6. The topological polar surface area (TPSA) is 39.5 Å². The number of fused-ring (bicyclic) bond motifs is 2. The van der Waals surface area contributed by atoms with Gasteiger partial charge in [-0.1, -0.05) is 28.1 Å². The highest BCUT2D eigenvalue weighted by atomic mass is 79.9. The van der Waals surface area contributed by atoms with Crippen molar-refractivity contribution in [3.05, 3.63) is 52.8 Å². The summed E-state index contributed by atoms with van der Waals surface area (Å²) in [7, 11) is 2.19. The number of nitrogens with zero attached hydrogens (tertiary/aromatic N) is 3. The highest BCUT2D eigenvalue weighted by Crippen LogP contribution is 2.38. The summed E-state index contributed by atoms with van der Waals surface area (Å²) in [5, 5.41) is 0. The number of para-hydroxylation sites is 2. The molecule has 0 spiro atoms. The minimum atomic E-state index is -0.203. The average Bonchev–Trinajstić information content (AvgIpc) is 3.07. The van der Waals surface area contributed by atoms with Gasteiger partial charge in [0.2, 0.25) is 0 Å². The summed E-state index contributed by atoms with van der Waals surface area (Å²) in [6.07, 6.45) is 2.03. The number of ether oxygens (including phenoxy) is 2. The Balaban J connectivity index is 1.58. The minimum Gasteiger partial charge on any atom is -0.485 e. The van der Waals surface area contributed by atoms with E-state index in [0.29, 0.717) is 12.6 Å². The Bertz CT molecular complexity index is 979. The van der Waals surface area contributed by atoms with E-state index in [1.165, 1.54) is 0 Å². The highest BCUT2D eigenvalue weighted by Gasteiger charge is 2.31. The Morgan fingerprint density at radius 2 is 1.85 bits per heavy atom. The Morgan fingerprint density at radius 3 is 2.67 bits per heavy atom. The molecule has 1 fully saturated rings. The van der Waals surface area contributed by atoms with Crippen LogP contribution in [0.4, 0.5) is 0 Å². The SMILES string of the molecule is CN1CCC(n2c(C3COc4ccccc4O3)nc3ccc(Br)cc32)CC1. The molecule has 0 N–H and O–H groups in total. The van der Waals surface area contributed by atoms with E-state index in [0.717, 1.165) is 58.8 Å². The van der Waals surface area contributed by atoms with E-state index in [4.69, 9.17) is 14.5 Å². The van der Waals surface area contributed by atoms with Crippen LogP contribution in [0.25, 0.3) is 11.0 Å². The second kappa shape index (κ2) is 6.84. The van der Waals surface area contributed by atoms with Crippen molar-refractivity contribution in [3.63, 3.8) is 0 Å². The third kappa shape index (κ3) is 3.11. The quantitative estimate of drug-likeness (QED) is 0.599. The van der Waals surface area contributed by atoms with Crippen molar-refractivity contribution in [2.75, 3.05) is 26.7 Å². The normalized spacial score (nSPS) is 20.9. The average molecular weight is 428 g/mol. The lowest BCUT2D eigenvalue weighted by Crippen LogP contribution is -2.33. The van der Waals surface area contributed by atoms with E-state index in [1.807, 2.05) is 30.3 Å². The lowest BCUT2D eigenvalue weighted by molar-refractivity contribution is 0.0797. The first-order valence-electron chi connectivity index (χ1n) is 9.43. The first-order valence-corrected chi connectivity index (χ1v) is 10.2. The van der Waals surface area contributed by atoms with E-state index >= 15 is 0 Å². The Labute approximate surface area is 167 Å². The van der Waals surface area contributed by atoms with Gasteiger partial charge in [0.05, 0.1) is 11.0 Å². The Hall–Kier alpha value is -2.05. The number of piperidine rings is 1. The molecule has 2 aromatic carbocycles. The summed E-state index contributed by atoms with van der Waals surface area (Å²) in [5.74, 6) is 2.56. The lowest BCUT2D eigenvalue weighted by Gasteiger charge is -2.33. The summed E-state index contributed by atoms with van der Waals surface area (Å²) < 4.78 is 15.7. The van der Waals surface area contributed by atoms with Gasteiger partial charge in [-0.05, 0) is 63.3 Å². The molecule has 1 aromatic heterocycles. The minimum absolute atomic E-state index is 0.203. The van der Waals surface area contributed by atoms with Crippen molar-refractivity contribution in [1.82, 2.24) is 14.5 Å². The van der Waals surface area contributed by atoms with Crippen molar-refractivity contribution in [2.24, 2.45) is 0 Å². The smallest absolute Gasteiger partial charge is 0.190 e. The number of hydrogen-bond acceptors (Lipinski definition) is 4. The van der Waals surface area contributed by atoms with Gasteiger partial charge < -0.3 is 18.9 Å². The monoisotopic (exact) mass is 427 g/mol. The number of rotatable bonds is 2. The number of halogens is 1. The fraction of sp³-hybridized carbons (Fsp3) is 0.381. The van der Waals surface area contributed by atoms with Crippen LogP contribution in [0.2, 0.25) is 0 Å². The van der Waals surface area contributed by atoms with Gasteiger partial charge in [0.15, 0.2) is 23.4 Å². The molecular weight excluding hydrogens is 406 g/mol. The largest absolute Gasteiger partial charge is 0.485 e. The van der Waals surface area contributed by atoms with Gasteiger partial charge in [-0.3, -0.25) is 0 Å². The molecule has 27 heavy (non-hydrogen) atoms. The second-order valence-electron chi connectivity index (χ2n) is 7.37. The summed E-state index contributed by atoms with van der Waals surface area (Å²) in [4.78, 5) is 7.36. The van der Waals surface area contributed by atoms with Gasteiger partial charge in [0, 0.05) is 10.5 Å². The van der Waals surface area contributed by atoms with Crippen molar-refractivity contribution >= 4 is 27.0 Å². The molecule has 1 unspecified atom stereocenters. The second-order valence-corrected chi connectivity index (χ2v) is 8.29. The first kappa shape index (κ1) is 17.1. The zero-order chi connectivity index (χ0) is 18.4. The van der Waals surface area contributed by atoms with Gasteiger partial charge in [-0.15, -0.1) is 0 Å². The number of aromatic nitrogens is 2. The van der Waals surface area contributed by atoms with Gasteiger partial charge in [-0.2, -0.15) is 0 Å². The number of hydrogen-bond donors (Lipinski definition) is 0. The number of imidazole rings is 1. The van der Waals surface area contributed by atoms with Gasteiger partial charge in [0.1, 0.15) is 6.61 Å². The maximum atomic E-state index is 6.30. The van der Waals surface area contributed by atoms with Crippen molar-refractivity contribution in [3.8, 4) is 11.5 Å². The van der Waals surface area contributed by atoms with E-state index in [-0.39, 0.29) is 6.10 Å². The Kier molecular flexibility index (Phi) is 4.32. The van der Waals surface area contributed by atoms with E-state index in [2.05, 4.69) is 44.6 Å². The molecule has 1 atom stereocenters. The molecule has 2 aliphatic rings. The van der Waals surface area contributed by atoms with Crippen LogP contribution in [0.5, 0.6) is 11.5 Å². The van der Waals surface area contributed by atoms with Crippen LogP contribution in [-0.4, -0.2) is 41.2 Å². The van der Waals surface area contributed by atoms with Crippen LogP contribution in [0, 0.1) is 0 Å². The fourth-order valence-electron chi connectivity index (χ4n) is 4.10. The van der Waals surface area contributed by atoms with Crippen LogP contribution < -0.4 is 9.47 Å². The standard InChI is InChI=1S/C21H22BrN3O2/c1-24-10-8-15(9-11-24)25-17-12-14(22)6-7-16(17)23-21(25)20-13-26-18-4-2-3-5-19(18)27-20/h2-7,12,15,20H,8-11,13H2,1H3. The number of likely N-dealkylation sites (tertiary alicyclic amines) is 1. The fourth-order valence-corrected chi connectivity index (χ4v) is 4.44. The molecule has 0 bridgehead atoms. The first-order chi connectivity index (χ1) is 13.2. The van der Waals surface area contributed by atoms with Gasteiger partial charge in [0.25, 0.3) is 0 Å². The molecule has 140 valence electrons. The third-order valence-corrected chi connectivity index (χ3v) is 6.02. The molecule has 2 aliphatic heterocycles. The summed E-state index contributed by atoms with van der Waals surface area (Å²) in [6.45, 7) is 2.68. The third-order valence-electron chi connectivity index (χ3n) is 5.53. The molecule has 3 aromatic rings. The summed E-state index contributed by atoms with van der Waals surface area (Å²) >= 11 is 3.62. The molecule has 0 aliphatic carbocycles. The lowest BCUT2D eigenvalue weighted by atomic mass is 10.0. The van der Waals surface area contributed by atoms with E-state index in [9.17, 15) is 0 Å². The van der Waals surface area contributed by atoms with E-state index in [1.54, 1.807) is 0 Å². The van der Waals surface area contributed by atoms with Crippen LogP contribution in [0.15, 0.2) is 46.9 Å². The highest BCUT2D eigenvalue weighted by molar-refractivity contribution is 9.10. The number of benzene rings is 2. The predicted molar refractivity (Wildman–Crippen MR) is 109 cm³/mol. The van der Waals surface area contributed by atoms with Gasteiger partial charge >= 0.3 is 0 Å². The zero-order valence-electron chi connectivity index (χ0n) is 15.3. The van der Waals surface area contributed by atoms with Crippen LogP contribution >= 0.6 is 15.9 Å². The molecular formula is C21H22BrN3O2. The molecule has 6 heteroatoms. The van der Waals surface area contributed by atoms with E-state index < -0.39 is 0 Å². The molecule has 0 saturated carbocycles. The van der Waals surface area contributed by atoms with Crippen molar-refractivity contribution in [2.45, 2.75) is 25.0 Å². The predicted octanol–water partition coefficient (Wildman–Crippen LogP) is 4.58. The maximum Gasteiger partial charge on any atom is 0.190 e. The van der Waals surface area contributed by atoms with Crippen LogP contribution in [0.3, 0.4) is 0 Å².